The van der Waals surface area contributed by atoms with Gasteiger partial charge in [0.2, 0.25) is 0 Å². The average molecular weight is 287 g/mol. The van der Waals surface area contributed by atoms with E-state index in [4.69, 9.17) is 9.47 Å². The van der Waals surface area contributed by atoms with E-state index in [-0.39, 0.29) is 5.97 Å². The molecule has 0 saturated heterocycles. The Balaban J connectivity index is 2.85. The Bertz CT molecular complexity index is 363. The number of halogens is 1. The fourth-order valence-electron chi connectivity index (χ4n) is 1.22. The molecule has 0 atom stereocenters. The van der Waals surface area contributed by atoms with Crippen LogP contribution in [-0.4, -0.2) is 19.7 Å². The third-order valence-corrected chi connectivity index (χ3v) is 2.60. The van der Waals surface area contributed by atoms with Crippen molar-refractivity contribution in [2.24, 2.45) is 0 Å². The third-order valence-electron chi connectivity index (χ3n) is 2.10. The highest BCUT2D eigenvalue weighted by Crippen LogP contribution is 2.24. The first-order valence-electron chi connectivity index (χ1n) is 5.19. The highest BCUT2D eigenvalue weighted by atomic mass is 79.9. The lowest BCUT2D eigenvalue weighted by Crippen LogP contribution is -2.06. The first-order chi connectivity index (χ1) is 7.69. The van der Waals surface area contributed by atoms with Crippen molar-refractivity contribution in [1.82, 2.24) is 0 Å². The SMILES string of the molecule is CCCCOc1ccc(Br)cc1C(=O)OC. The molecule has 0 fully saturated rings. The summed E-state index contributed by atoms with van der Waals surface area (Å²) < 4.78 is 11.1. The minimum Gasteiger partial charge on any atom is -0.493 e. The van der Waals surface area contributed by atoms with E-state index in [2.05, 4.69) is 22.9 Å². The van der Waals surface area contributed by atoms with E-state index in [0.717, 1.165) is 17.3 Å². The van der Waals surface area contributed by atoms with Gasteiger partial charge in [-0.2, -0.15) is 0 Å². The van der Waals surface area contributed by atoms with Crippen molar-refractivity contribution in [2.45, 2.75) is 19.8 Å². The van der Waals surface area contributed by atoms with E-state index in [0.29, 0.717) is 17.9 Å². The summed E-state index contributed by atoms with van der Waals surface area (Å²) in [6.07, 6.45) is 2.03. The zero-order valence-corrected chi connectivity index (χ0v) is 11.0. The number of hydrogen-bond acceptors (Lipinski definition) is 3. The first kappa shape index (κ1) is 13.0. The maximum Gasteiger partial charge on any atom is 0.341 e. The number of benzene rings is 1. The van der Waals surface area contributed by atoms with Gasteiger partial charge in [0.05, 0.1) is 13.7 Å². The fraction of sp³-hybridized carbons (Fsp3) is 0.417. The molecule has 0 aliphatic carbocycles. The molecule has 4 heteroatoms. The monoisotopic (exact) mass is 286 g/mol. The van der Waals surface area contributed by atoms with E-state index in [1.807, 2.05) is 6.07 Å². The van der Waals surface area contributed by atoms with E-state index in [1.165, 1.54) is 7.11 Å². The third kappa shape index (κ3) is 3.52. The number of hydrogen-bond donors (Lipinski definition) is 0. The van der Waals surface area contributed by atoms with Crippen LogP contribution in [-0.2, 0) is 4.74 Å². The molecule has 1 aromatic rings. The van der Waals surface area contributed by atoms with Gasteiger partial charge in [0.1, 0.15) is 11.3 Å². The van der Waals surface area contributed by atoms with Gasteiger partial charge in [-0.3, -0.25) is 0 Å². The molecule has 0 aromatic heterocycles. The Morgan fingerprint density at radius 1 is 1.44 bits per heavy atom. The van der Waals surface area contributed by atoms with Crippen molar-refractivity contribution in [2.75, 3.05) is 13.7 Å². The first-order valence-corrected chi connectivity index (χ1v) is 5.99. The minimum absolute atomic E-state index is 0.382. The Morgan fingerprint density at radius 3 is 2.81 bits per heavy atom. The maximum absolute atomic E-state index is 11.5. The van der Waals surface area contributed by atoms with E-state index >= 15 is 0 Å². The summed E-state index contributed by atoms with van der Waals surface area (Å²) in [6, 6.07) is 5.31. The lowest BCUT2D eigenvalue weighted by molar-refractivity contribution is 0.0596. The number of carbonyl (C=O) groups excluding carboxylic acids is 1. The summed E-state index contributed by atoms with van der Waals surface area (Å²) in [5, 5.41) is 0. The molecule has 16 heavy (non-hydrogen) atoms. The van der Waals surface area contributed by atoms with Crippen LogP contribution in [0.1, 0.15) is 30.1 Å². The van der Waals surface area contributed by atoms with E-state index in [9.17, 15) is 4.79 Å². The van der Waals surface area contributed by atoms with Crippen LogP contribution in [0.4, 0.5) is 0 Å². The van der Waals surface area contributed by atoms with Crippen LogP contribution in [0.3, 0.4) is 0 Å². The van der Waals surface area contributed by atoms with Crippen LogP contribution >= 0.6 is 15.9 Å². The van der Waals surface area contributed by atoms with Crippen molar-refractivity contribution in [3.05, 3.63) is 28.2 Å². The molecule has 0 aliphatic rings. The average Bonchev–Trinajstić information content (AvgIpc) is 2.30. The van der Waals surface area contributed by atoms with Crippen LogP contribution in [0, 0.1) is 0 Å². The van der Waals surface area contributed by atoms with Crippen molar-refractivity contribution < 1.29 is 14.3 Å². The fourth-order valence-corrected chi connectivity index (χ4v) is 1.59. The standard InChI is InChI=1S/C12H15BrO3/c1-3-4-7-16-11-6-5-9(13)8-10(11)12(14)15-2/h5-6,8H,3-4,7H2,1-2H3. The summed E-state index contributed by atoms with van der Waals surface area (Å²) in [6.45, 7) is 2.70. The van der Waals surface area contributed by atoms with Gasteiger partial charge < -0.3 is 9.47 Å². The van der Waals surface area contributed by atoms with Crippen LogP contribution in [0.25, 0.3) is 0 Å². The van der Waals surface area contributed by atoms with Crippen molar-refractivity contribution in [3.8, 4) is 5.75 Å². The Labute approximate surface area is 104 Å². The summed E-state index contributed by atoms with van der Waals surface area (Å²) in [7, 11) is 1.36. The molecule has 0 spiro atoms. The normalized spacial score (nSPS) is 9.94. The summed E-state index contributed by atoms with van der Waals surface area (Å²) in [5.74, 6) is 0.191. The lowest BCUT2D eigenvalue weighted by atomic mass is 10.2. The van der Waals surface area contributed by atoms with Gasteiger partial charge in [0.15, 0.2) is 0 Å². The molecule has 1 rings (SSSR count). The summed E-state index contributed by atoms with van der Waals surface area (Å²) in [5.41, 5.74) is 0.452. The van der Waals surface area contributed by atoms with Crippen LogP contribution < -0.4 is 4.74 Å². The number of esters is 1. The molecule has 88 valence electrons. The Kier molecular flexibility index (Phi) is 5.32. The second kappa shape index (κ2) is 6.53. The van der Waals surface area contributed by atoms with Crippen LogP contribution in [0.5, 0.6) is 5.75 Å². The molecule has 0 bridgehead atoms. The molecule has 1 aromatic carbocycles. The number of rotatable bonds is 5. The van der Waals surface area contributed by atoms with Crippen molar-refractivity contribution in [1.29, 1.82) is 0 Å². The number of unbranched alkanes of at least 4 members (excludes halogenated alkanes) is 1. The van der Waals surface area contributed by atoms with Gasteiger partial charge in [0.25, 0.3) is 0 Å². The molecule has 0 radical (unpaired) electrons. The molecule has 0 saturated carbocycles. The summed E-state index contributed by atoms with van der Waals surface area (Å²) in [4.78, 5) is 11.5. The maximum atomic E-state index is 11.5. The molecule has 0 amide bonds. The predicted octanol–water partition coefficient (Wildman–Crippen LogP) is 3.41. The molecule has 0 N–H and O–H groups in total. The topological polar surface area (TPSA) is 35.5 Å². The number of carbonyl (C=O) groups is 1. The number of ether oxygens (including phenoxy) is 2. The van der Waals surface area contributed by atoms with Crippen molar-refractivity contribution in [3.63, 3.8) is 0 Å². The molecule has 0 heterocycles. The molecule has 0 unspecified atom stereocenters. The molecular formula is C12H15BrO3. The van der Waals surface area contributed by atoms with Gasteiger partial charge in [0, 0.05) is 4.47 Å². The second-order valence-corrected chi connectivity index (χ2v) is 4.25. The smallest absolute Gasteiger partial charge is 0.341 e. The summed E-state index contributed by atoms with van der Waals surface area (Å²) >= 11 is 3.31. The Hall–Kier alpha value is -1.03. The van der Waals surface area contributed by atoms with Gasteiger partial charge in [-0.05, 0) is 24.6 Å². The van der Waals surface area contributed by atoms with E-state index in [1.54, 1.807) is 12.1 Å². The highest BCUT2D eigenvalue weighted by Gasteiger charge is 2.13. The molecule has 0 aliphatic heterocycles. The second-order valence-electron chi connectivity index (χ2n) is 3.33. The number of methoxy groups -OCH3 is 1. The highest BCUT2D eigenvalue weighted by molar-refractivity contribution is 9.10. The van der Waals surface area contributed by atoms with Gasteiger partial charge in [-0.1, -0.05) is 29.3 Å². The van der Waals surface area contributed by atoms with Gasteiger partial charge in [-0.25, -0.2) is 4.79 Å². The Morgan fingerprint density at radius 2 is 2.19 bits per heavy atom. The van der Waals surface area contributed by atoms with Crippen LogP contribution in [0.15, 0.2) is 22.7 Å². The van der Waals surface area contributed by atoms with Gasteiger partial charge >= 0.3 is 5.97 Å². The van der Waals surface area contributed by atoms with Crippen LogP contribution in [0.2, 0.25) is 0 Å². The van der Waals surface area contributed by atoms with E-state index < -0.39 is 0 Å². The van der Waals surface area contributed by atoms with Crippen molar-refractivity contribution >= 4 is 21.9 Å². The van der Waals surface area contributed by atoms with Gasteiger partial charge in [-0.15, -0.1) is 0 Å². The quantitative estimate of drug-likeness (QED) is 0.615. The minimum atomic E-state index is -0.382. The molecular weight excluding hydrogens is 272 g/mol. The molecule has 3 nitrogen and oxygen atoms in total. The zero-order valence-electron chi connectivity index (χ0n) is 9.46. The predicted molar refractivity (Wildman–Crippen MR) is 65.9 cm³/mol. The largest absolute Gasteiger partial charge is 0.493 e. The zero-order chi connectivity index (χ0) is 12.0. The lowest BCUT2D eigenvalue weighted by Gasteiger charge is -2.10.